The predicted molar refractivity (Wildman–Crippen MR) is 132 cm³/mol. The van der Waals surface area contributed by atoms with E-state index in [1.807, 2.05) is 24.3 Å². The second-order valence-electron chi connectivity index (χ2n) is 9.79. The summed E-state index contributed by atoms with van der Waals surface area (Å²) in [7, 11) is 1.72. The van der Waals surface area contributed by atoms with Crippen molar-refractivity contribution < 1.29 is 18.9 Å². The van der Waals surface area contributed by atoms with Crippen LogP contribution in [-0.4, -0.2) is 30.3 Å². The van der Waals surface area contributed by atoms with Gasteiger partial charge in [-0.25, -0.2) is 5.01 Å². The van der Waals surface area contributed by atoms with Crippen LogP contribution in [0.25, 0.3) is 0 Å². The van der Waals surface area contributed by atoms with Crippen molar-refractivity contribution in [3.8, 4) is 23.0 Å². The number of para-hydroxylation sites is 1. The van der Waals surface area contributed by atoms with Gasteiger partial charge >= 0.3 is 0 Å². The van der Waals surface area contributed by atoms with Gasteiger partial charge in [0.1, 0.15) is 0 Å². The lowest BCUT2D eigenvalue weighted by Crippen LogP contribution is -2.55. The lowest BCUT2D eigenvalue weighted by molar-refractivity contribution is -0.143. The predicted octanol–water partition coefficient (Wildman–Crippen LogP) is 6.02. The van der Waals surface area contributed by atoms with Crippen molar-refractivity contribution in [2.75, 3.05) is 13.9 Å². The largest absolute Gasteiger partial charge is 0.493 e. The zero-order valence-electron chi connectivity index (χ0n) is 19.8. The van der Waals surface area contributed by atoms with Crippen molar-refractivity contribution in [3.05, 3.63) is 83.4 Å². The average molecular weight is 469 g/mol. The maximum atomic E-state index is 6.89. The van der Waals surface area contributed by atoms with Crippen molar-refractivity contribution in [2.24, 2.45) is 5.10 Å². The fourth-order valence-corrected chi connectivity index (χ4v) is 6.14. The van der Waals surface area contributed by atoms with Crippen LogP contribution < -0.4 is 18.9 Å². The summed E-state index contributed by atoms with van der Waals surface area (Å²) in [5, 5.41) is 7.48. The van der Waals surface area contributed by atoms with Crippen molar-refractivity contribution >= 4 is 5.71 Å². The van der Waals surface area contributed by atoms with Crippen LogP contribution in [0, 0.1) is 0 Å². The maximum absolute atomic E-state index is 6.89. The number of benzene rings is 3. The quantitative estimate of drug-likeness (QED) is 0.470. The first-order chi connectivity index (χ1) is 17.2. The van der Waals surface area contributed by atoms with Crippen LogP contribution in [0.5, 0.6) is 23.0 Å². The Balaban J connectivity index is 1.26. The molecule has 3 heterocycles. The second kappa shape index (κ2) is 7.94. The fourth-order valence-electron chi connectivity index (χ4n) is 6.14. The standard InChI is InChI=1S/C29H28N2O4/c1-32-26-9-5-8-22-24-17-23(21-10-11-25-27(16-21)34-18-33-25)30-31(24)29(35-28(22)26)14-12-20(13-15-29)19-6-3-2-4-7-19/h2-11,16,20,24H,12-15,17-18H2,1H3/t20?,24-,29?/m0/s1. The number of fused-ring (bicyclic) bond motifs is 5. The molecule has 3 aromatic rings. The zero-order chi connectivity index (χ0) is 23.4. The van der Waals surface area contributed by atoms with Crippen LogP contribution in [0.4, 0.5) is 0 Å². The number of hydrogen-bond donors (Lipinski definition) is 0. The molecule has 0 unspecified atom stereocenters. The monoisotopic (exact) mass is 468 g/mol. The Morgan fingerprint density at radius 3 is 2.60 bits per heavy atom. The highest BCUT2D eigenvalue weighted by atomic mass is 16.7. The minimum absolute atomic E-state index is 0.113. The van der Waals surface area contributed by atoms with E-state index in [0.717, 1.165) is 71.9 Å². The summed E-state index contributed by atoms with van der Waals surface area (Å²) in [6.07, 6.45) is 4.77. The molecule has 6 nitrogen and oxygen atoms in total. The van der Waals surface area contributed by atoms with Gasteiger partial charge in [-0.2, -0.15) is 5.10 Å². The van der Waals surface area contributed by atoms with Crippen molar-refractivity contribution in [2.45, 2.75) is 49.8 Å². The molecule has 4 aliphatic rings. The lowest BCUT2D eigenvalue weighted by Gasteiger charge is -2.50. The number of rotatable bonds is 3. The van der Waals surface area contributed by atoms with Gasteiger partial charge in [0.15, 0.2) is 28.7 Å². The summed E-state index contributed by atoms with van der Waals surface area (Å²) < 4.78 is 23.8. The molecule has 3 aromatic carbocycles. The van der Waals surface area contributed by atoms with E-state index in [1.165, 1.54) is 5.56 Å². The Kier molecular flexibility index (Phi) is 4.69. The van der Waals surface area contributed by atoms with Crippen LogP contribution >= 0.6 is 0 Å². The maximum Gasteiger partial charge on any atom is 0.231 e. The number of hydrogen-bond acceptors (Lipinski definition) is 6. The van der Waals surface area contributed by atoms with Gasteiger partial charge in [0.05, 0.1) is 18.9 Å². The van der Waals surface area contributed by atoms with Gasteiger partial charge in [0, 0.05) is 30.4 Å². The molecule has 0 aromatic heterocycles. The van der Waals surface area contributed by atoms with Crippen molar-refractivity contribution in [1.82, 2.24) is 5.01 Å². The van der Waals surface area contributed by atoms with Crippen LogP contribution in [0.15, 0.2) is 71.8 Å². The molecule has 0 saturated heterocycles. The number of hydrazone groups is 1. The highest BCUT2D eigenvalue weighted by Gasteiger charge is 2.52. The van der Waals surface area contributed by atoms with E-state index in [-0.39, 0.29) is 12.8 Å². The highest BCUT2D eigenvalue weighted by Crippen LogP contribution is 2.55. The zero-order valence-corrected chi connectivity index (χ0v) is 19.8. The fraction of sp³-hybridized carbons (Fsp3) is 0.345. The Hall–Kier alpha value is -3.67. The third-order valence-electron chi connectivity index (χ3n) is 7.95. The Labute approximate surface area is 205 Å². The van der Waals surface area contributed by atoms with E-state index in [4.69, 9.17) is 24.0 Å². The summed E-state index contributed by atoms with van der Waals surface area (Å²) in [5.74, 6) is 3.79. The van der Waals surface area contributed by atoms with Crippen LogP contribution in [0.1, 0.15) is 60.8 Å². The van der Waals surface area contributed by atoms with Gasteiger partial charge in [-0.1, -0.05) is 42.5 Å². The Bertz CT molecular complexity index is 1300. The van der Waals surface area contributed by atoms with Crippen LogP contribution in [0.3, 0.4) is 0 Å². The second-order valence-corrected chi connectivity index (χ2v) is 9.79. The molecule has 0 radical (unpaired) electrons. The summed E-state index contributed by atoms with van der Waals surface area (Å²) in [4.78, 5) is 0. The average Bonchev–Trinajstić information content (AvgIpc) is 3.57. The van der Waals surface area contributed by atoms with E-state index in [2.05, 4.69) is 47.5 Å². The molecule has 1 spiro atoms. The molecule has 3 aliphatic heterocycles. The molecule has 1 saturated carbocycles. The topological polar surface area (TPSA) is 52.5 Å². The minimum Gasteiger partial charge on any atom is -0.493 e. The first-order valence-electron chi connectivity index (χ1n) is 12.4. The van der Waals surface area contributed by atoms with E-state index in [9.17, 15) is 0 Å². The number of ether oxygens (including phenoxy) is 4. The smallest absolute Gasteiger partial charge is 0.231 e. The Morgan fingerprint density at radius 2 is 1.77 bits per heavy atom. The first kappa shape index (κ1) is 20.7. The third kappa shape index (κ3) is 3.27. The normalized spacial score (nSPS) is 26.1. The Morgan fingerprint density at radius 1 is 0.943 bits per heavy atom. The van der Waals surface area contributed by atoms with Crippen LogP contribution in [-0.2, 0) is 0 Å². The first-order valence-corrected chi connectivity index (χ1v) is 12.4. The van der Waals surface area contributed by atoms with Gasteiger partial charge < -0.3 is 18.9 Å². The van der Waals surface area contributed by atoms with E-state index in [1.54, 1.807) is 7.11 Å². The van der Waals surface area contributed by atoms with Gasteiger partial charge in [-0.05, 0) is 48.6 Å². The molecule has 6 heteroatoms. The molecule has 1 fully saturated rings. The number of methoxy groups -OCH3 is 1. The SMILES string of the molecule is COc1cccc2c1OC1(CCC(c3ccccc3)CC1)N1N=C(c3ccc4c(c3)OCO4)C[C@@H]21. The summed E-state index contributed by atoms with van der Waals surface area (Å²) >= 11 is 0. The highest BCUT2D eigenvalue weighted by molar-refractivity contribution is 6.02. The van der Waals surface area contributed by atoms with Crippen molar-refractivity contribution in [3.63, 3.8) is 0 Å². The molecule has 0 N–H and O–H groups in total. The third-order valence-corrected chi connectivity index (χ3v) is 7.95. The van der Waals surface area contributed by atoms with E-state index < -0.39 is 5.72 Å². The van der Waals surface area contributed by atoms with Gasteiger partial charge in [-0.15, -0.1) is 0 Å². The molecule has 0 bridgehead atoms. The molecule has 7 rings (SSSR count). The van der Waals surface area contributed by atoms with Crippen molar-refractivity contribution in [1.29, 1.82) is 0 Å². The van der Waals surface area contributed by atoms with E-state index >= 15 is 0 Å². The molecule has 178 valence electrons. The summed E-state index contributed by atoms with van der Waals surface area (Å²) in [6, 6.07) is 23.3. The molecular formula is C29H28N2O4. The van der Waals surface area contributed by atoms with Gasteiger partial charge in [-0.3, -0.25) is 0 Å². The number of nitrogens with zero attached hydrogens (tertiary/aromatic N) is 2. The molecule has 35 heavy (non-hydrogen) atoms. The van der Waals surface area contributed by atoms with Gasteiger partial charge in [0.25, 0.3) is 0 Å². The van der Waals surface area contributed by atoms with Gasteiger partial charge in [0.2, 0.25) is 6.79 Å². The molecule has 1 atom stereocenters. The molecular weight excluding hydrogens is 440 g/mol. The lowest BCUT2D eigenvalue weighted by atomic mass is 9.78. The molecule has 0 amide bonds. The van der Waals surface area contributed by atoms with E-state index in [0.29, 0.717) is 5.92 Å². The minimum atomic E-state index is -0.477. The summed E-state index contributed by atoms with van der Waals surface area (Å²) in [6.45, 7) is 0.271. The molecule has 1 aliphatic carbocycles. The van der Waals surface area contributed by atoms with Crippen LogP contribution in [0.2, 0.25) is 0 Å². The summed E-state index contributed by atoms with van der Waals surface area (Å²) in [5.41, 5.74) is 4.20.